The molecule has 0 bridgehead atoms. The first-order chi connectivity index (χ1) is 9.76. The maximum Gasteiger partial charge on any atom is 0.293 e. The largest absolute Gasteiger partial charge is 0.463 e. The fourth-order valence-corrected chi connectivity index (χ4v) is 2.37. The summed E-state index contributed by atoms with van der Waals surface area (Å²) >= 11 is 0. The topological polar surface area (TPSA) is 29.5 Å². The summed E-state index contributed by atoms with van der Waals surface area (Å²) in [5, 5.41) is 2.41. The third-order valence-electron chi connectivity index (χ3n) is 3.59. The molecule has 0 atom stereocenters. The number of hydrogen-bond donors (Lipinski definition) is 0. The van der Waals surface area contributed by atoms with Crippen LogP contribution < -0.4 is 0 Å². The van der Waals surface area contributed by atoms with Crippen LogP contribution in [0, 0.1) is 0 Å². The molecule has 0 amide bonds. The zero-order valence-electron chi connectivity index (χ0n) is 12.1. The van der Waals surface area contributed by atoms with Crippen LogP contribution >= 0.6 is 0 Å². The van der Waals surface area contributed by atoms with Crippen molar-refractivity contribution in [3.8, 4) is 0 Å². The van der Waals surface area contributed by atoms with Gasteiger partial charge in [-0.3, -0.25) is 9.69 Å². The molecule has 0 aromatic heterocycles. The van der Waals surface area contributed by atoms with Crippen molar-refractivity contribution in [2.75, 3.05) is 13.1 Å². The van der Waals surface area contributed by atoms with Gasteiger partial charge >= 0.3 is 0 Å². The lowest BCUT2D eigenvalue weighted by molar-refractivity contribution is -0.129. The van der Waals surface area contributed by atoms with Gasteiger partial charge in [-0.25, -0.2) is 0 Å². The predicted molar refractivity (Wildman–Crippen MR) is 81.4 cm³/mol. The number of benzene rings is 2. The molecule has 0 aliphatic heterocycles. The molecular formula is C17H21NO2. The first-order valence-corrected chi connectivity index (χ1v) is 7.06. The average Bonchev–Trinajstić information content (AvgIpc) is 2.50. The van der Waals surface area contributed by atoms with Crippen molar-refractivity contribution in [1.82, 2.24) is 4.90 Å². The van der Waals surface area contributed by atoms with Gasteiger partial charge < -0.3 is 4.74 Å². The lowest BCUT2D eigenvalue weighted by atomic mass is 10.0. The molecule has 0 spiro atoms. The second-order valence-electron chi connectivity index (χ2n) is 4.88. The van der Waals surface area contributed by atoms with E-state index in [1.807, 2.05) is 6.07 Å². The van der Waals surface area contributed by atoms with Crippen molar-refractivity contribution in [3.63, 3.8) is 0 Å². The van der Waals surface area contributed by atoms with E-state index in [9.17, 15) is 4.79 Å². The van der Waals surface area contributed by atoms with Crippen molar-refractivity contribution in [3.05, 3.63) is 47.5 Å². The van der Waals surface area contributed by atoms with Crippen LogP contribution in [0.4, 0.5) is 0 Å². The number of rotatable bonds is 7. The highest BCUT2D eigenvalue weighted by atomic mass is 16.5. The Hall–Kier alpha value is -1.87. The summed E-state index contributed by atoms with van der Waals surface area (Å²) in [7, 11) is 0. The zero-order chi connectivity index (χ0) is 14.4. The minimum Gasteiger partial charge on any atom is -0.463 e. The van der Waals surface area contributed by atoms with E-state index in [0.717, 1.165) is 25.2 Å². The Kier molecular flexibility index (Phi) is 5.13. The molecule has 0 radical (unpaired) electrons. The van der Waals surface area contributed by atoms with E-state index >= 15 is 0 Å². The Morgan fingerprint density at radius 2 is 1.60 bits per heavy atom. The molecule has 3 nitrogen and oxygen atoms in total. The SMILES string of the molecule is CCN(CC)Cc1ccc2cc(COC=O)ccc2c1. The molecule has 0 saturated carbocycles. The normalized spacial score (nSPS) is 10.9. The van der Waals surface area contributed by atoms with Gasteiger partial charge in [-0.1, -0.05) is 38.1 Å². The first kappa shape index (κ1) is 14.5. The highest BCUT2D eigenvalue weighted by Gasteiger charge is 2.03. The van der Waals surface area contributed by atoms with Gasteiger partial charge in [-0.2, -0.15) is 0 Å². The molecule has 0 heterocycles. The molecule has 0 N–H and O–H groups in total. The fraction of sp³-hybridized carbons (Fsp3) is 0.353. The number of nitrogens with zero attached hydrogens (tertiary/aromatic N) is 1. The van der Waals surface area contributed by atoms with Crippen molar-refractivity contribution in [2.24, 2.45) is 0 Å². The highest BCUT2D eigenvalue weighted by molar-refractivity contribution is 5.83. The Balaban J connectivity index is 2.20. The minimum atomic E-state index is 0.334. The maximum absolute atomic E-state index is 10.2. The molecule has 2 rings (SSSR count). The number of fused-ring (bicyclic) bond motifs is 1. The molecule has 106 valence electrons. The summed E-state index contributed by atoms with van der Waals surface area (Å²) in [6.45, 7) is 8.30. The second kappa shape index (κ2) is 7.06. The van der Waals surface area contributed by atoms with E-state index in [4.69, 9.17) is 4.74 Å². The molecule has 0 fully saturated rings. The average molecular weight is 271 g/mol. The van der Waals surface area contributed by atoms with E-state index in [2.05, 4.69) is 49.1 Å². The quantitative estimate of drug-likeness (QED) is 0.723. The van der Waals surface area contributed by atoms with Gasteiger partial charge in [0, 0.05) is 6.54 Å². The van der Waals surface area contributed by atoms with Crippen molar-refractivity contribution in [1.29, 1.82) is 0 Å². The second-order valence-corrected chi connectivity index (χ2v) is 4.88. The molecular weight excluding hydrogens is 250 g/mol. The monoisotopic (exact) mass is 271 g/mol. The van der Waals surface area contributed by atoms with Crippen molar-refractivity contribution < 1.29 is 9.53 Å². The van der Waals surface area contributed by atoms with Crippen LogP contribution in [0.5, 0.6) is 0 Å². The number of ether oxygens (including phenoxy) is 1. The third kappa shape index (κ3) is 3.58. The fourth-order valence-electron chi connectivity index (χ4n) is 2.37. The van der Waals surface area contributed by atoms with E-state index < -0.39 is 0 Å². The summed E-state index contributed by atoms with van der Waals surface area (Å²) < 4.78 is 4.79. The van der Waals surface area contributed by atoms with Crippen LogP contribution in [-0.2, 0) is 22.7 Å². The molecule has 0 aliphatic carbocycles. The van der Waals surface area contributed by atoms with Crippen LogP contribution in [0.25, 0.3) is 10.8 Å². The lowest BCUT2D eigenvalue weighted by Crippen LogP contribution is -2.21. The summed E-state index contributed by atoms with van der Waals surface area (Å²) in [5.41, 5.74) is 2.35. The van der Waals surface area contributed by atoms with Gasteiger partial charge in [-0.05, 0) is 47.1 Å². The van der Waals surface area contributed by atoms with Crippen LogP contribution in [0.1, 0.15) is 25.0 Å². The Morgan fingerprint density at radius 1 is 1.00 bits per heavy atom. The third-order valence-corrected chi connectivity index (χ3v) is 3.59. The number of carbonyl (C=O) groups excluding carboxylic acids is 1. The predicted octanol–water partition coefficient (Wildman–Crippen LogP) is 3.35. The molecule has 0 unspecified atom stereocenters. The molecule has 0 saturated heterocycles. The minimum absolute atomic E-state index is 0.334. The summed E-state index contributed by atoms with van der Waals surface area (Å²) in [6, 6.07) is 12.7. The van der Waals surface area contributed by atoms with Gasteiger partial charge in [0.2, 0.25) is 0 Å². The van der Waals surface area contributed by atoms with Crippen LogP contribution in [0.3, 0.4) is 0 Å². The van der Waals surface area contributed by atoms with Crippen molar-refractivity contribution in [2.45, 2.75) is 27.0 Å². The molecule has 2 aromatic rings. The van der Waals surface area contributed by atoms with Gasteiger partial charge in [0.05, 0.1) is 0 Å². The molecule has 0 aliphatic rings. The zero-order valence-corrected chi connectivity index (χ0v) is 12.1. The van der Waals surface area contributed by atoms with E-state index in [1.165, 1.54) is 16.3 Å². The van der Waals surface area contributed by atoms with Crippen LogP contribution in [-0.4, -0.2) is 24.5 Å². The van der Waals surface area contributed by atoms with E-state index in [1.54, 1.807) is 0 Å². The van der Waals surface area contributed by atoms with Gasteiger partial charge in [-0.15, -0.1) is 0 Å². The Labute approximate surface area is 120 Å². The van der Waals surface area contributed by atoms with Crippen molar-refractivity contribution >= 4 is 17.2 Å². The lowest BCUT2D eigenvalue weighted by Gasteiger charge is -2.18. The van der Waals surface area contributed by atoms with E-state index in [-0.39, 0.29) is 0 Å². The van der Waals surface area contributed by atoms with Crippen LogP contribution in [0.15, 0.2) is 36.4 Å². The van der Waals surface area contributed by atoms with Gasteiger partial charge in [0.25, 0.3) is 6.47 Å². The Morgan fingerprint density at radius 3 is 2.20 bits per heavy atom. The number of hydrogen-bond acceptors (Lipinski definition) is 3. The summed E-state index contributed by atoms with van der Waals surface area (Å²) in [5.74, 6) is 0. The summed E-state index contributed by atoms with van der Waals surface area (Å²) in [6.07, 6.45) is 0. The highest BCUT2D eigenvalue weighted by Crippen LogP contribution is 2.19. The summed E-state index contributed by atoms with van der Waals surface area (Å²) in [4.78, 5) is 12.6. The first-order valence-electron chi connectivity index (χ1n) is 7.06. The van der Waals surface area contributed by atoms with Gasteiger partial charge in [0.1, 0.15) is 6.61 Å². The van der Waals surface area contributed by atoms with Gasteiger partial charge in [0.15, 0.2) is 0 Å². The van der Waals surface area contributed by atoms with E-state index in [0.29, 0.717) is 13.1 Å². The smallest absolute Gasteiger partial charge is 0.293 e. The standard InChI is InChI=1S/C17H21NO2/c1-3-18(4-2)11-14-5-7-17-10-15(12-20-13-19)6-8-16(17)9-14/h5-10,13H,3-4,11-12H2,1-2H3. The molecule has 20 heavy (non-hydrogen) atoms. The number of carbonyl (C=O) groups is 1. The van der Waals surface area contributed by atoms with Crippen LogP contribution in [0.2, 0.25) is 0 Å². The maximum atomic E-state index is 10.2. The Bertz CT molecular complexity index is 576. The molecule has 2 aromatic carbocycles. The molecule has 3 heteroatoms.